The second-order valence-corrected chi connectivity index (χ2v) is 7.78. The van der Waals surface area contributed by atoms with Gasteiger partial charge in [0.2, 0.25) is 0 Å². The number of carbonyl (C=O) groups is 1. The van der Waals surface area contributed by atoms with Crippen molar-refractivity contribution >= 4 is 22.6 Å². The second kappa shape index (κ2) is 9.26. The number of hydrogen-bond acceptors (Lipinski definition) is 6. The fourth-order valence-electron chi connectivity index (χ4n) is 3.90. The average molecular weight is 421 g/mol. The minimum absolute atomic E-state index is 0.0330. The molecule has 0 aromatic carbocycles. The van der Waals surface area contributed by atoms with Crippen molar-refractivity contribution in [3.05, 3.63) is 63.8 Å². The molecule has 0 bridgehead atoms. The minimum Gasteiger partial charge on any atom is -0.368 e. The number of nitrogens with zero attached hydrogens (tertiary/aromatic N) is 4. The molecule has 0 aliphatic carbocycles. The van der Waals surface area contributed by atoms with Crippen LogP contribution in [0.15, 0.2) is 41.5 Å². The van der Waals surface area contributed by atoms with Crippen molar-refractivity contribution in [3.8, 4) is 0 Å². The molecule has 4 heterocycles. The standard InChI is InChI=1S/C23H28N6O2/c1-3-17-12-20-21(27-22(17)30)11-16(13-25-20)15-28-7-9-29(10-8-28)18-5-6-19(26-14-18)23(31)24-4-2/h5-6,11-14H,3-4,7-10,15H2,1-2H3,(H,24,31)(H,27,30). The van der Waals surface area contributed by atoms with Crippen molar-refractivity contribution < 1.29 is 4.79 Å². The van der Waals surface area contributed by atoms with E-state index < -0.39 is 0 Å². The van der Waals surface area contributed by atoms with Crippen LogP contribution in [-0.2, 0) is 13.0 Å². The van der Waals surface area contributed by atoms with E-state index in [2.05, 4.69) is 30.1 Å². The molecule has 2 N–H and O–H groups in total. The van der Waals surface area contributed by atoms with Crippen LogP contribution in [0.3, 0.4) is 0 Å². The maximum Gasteiger partial charge on any atom is 0.269 e. The van der Waals surface area contributed by atoms with Gasteiger partial charge in [-0.15, -0.1) is 0 Å². The van der Waals surface area contributed by atoms with Gasteiger partial charge in [0, 0.05) is 51.0 Å². The Morgan fingerprint density at radius 1 is 1.10 bits per heavy atom. The number of aromatic amines is 1. The smallest absolute Gasteiger partial charge is 0.269 e. The summed E-state index contributed by atoms with van der Waals surface area (Å²) in [6.45, 7) is 8.86. The van der Waals surface area contributed by atoms with Crippen LogP contribution in [0.2, 0.25) is 0 Å². The van der Waals surface area contributed by atoms with Crippen molar-refractivity contribution in [3.63, 3.8) is 0 Å². The number of H-pyrrole nitrogens is 1. The molecule has 162 valence electrons. The van der Waals surface area contributed by atoms with Gasteiger partial charge in [0.25, 0.3) is 11.5 Å². The first-order valence-corrected chi connectivity index (χ1v) is 10.8. The van der Waals surface area contributed by atoms with Crippen LogP contribution in [0.4, 0.5) is 5.69 Å². The van der Waals surface area contributed by atoms with E-state index in [1.165, 1.54) is 0 Å². The predicted molar refractivity (Wildman–Crippen MR) is 121 cm³/mol. The van der Waals surface area contributed by atoms with Crippen molar-refractivity contribution in [1.29, 1.82) is 0 Å². The zero-order chi connectivity index (χ0) is 21.8. The van der Waals surface area contributed by atoms with Gasteiger partial charge in [0.1, 0.15) is 5.69 Å². The summed E-state index contributed by atoms with van der Waals surface area (Å²) in [6, 6.07) is 7.64. The third-order valence-electron chi connectivity index (χ3n) is 5.67. The van der Waals surface area contributed by atoms with Crippen LogP contribution in [0.5, 0.6) is 0 Å². The number of aryl methyl sites for hydroxylation is 1. The van der Waals surface area contributed by atoms with E-state index in [1.54, 1.807) is 12.3 Å². The third kappa shape index (κ3) is 4.74. The van der Waals surface area contributed by atoms with Crippen LogP contribution < -0.4 is 15.8 Å². The number of rotatable bonds is 6. The lowest BCUT2D eigenvalue weighted by Gasteiger charge is -2.36. The van der Waals surface area contributed by atoms with Gasteiger partial charge in [0.15, 0.2) is 0 Å². The number of anilines is 1. The topological polar surface area (TPSA) is 94.2 Å². The fraction of sp³-hybridized carbons (Fsp3) is 0.391. The van der Waals surface area contributed by atoms with Gasteiger partial charge in [-0.05, 0) is 43.2 Å². The van der Waals surface area contributed by atoms with Crippen LogP contribution >= 0.6 is 0 Å². The monoisotopic (exact) mass is 420 g/mol. The number of nitrogens with one attached hydrogen (secondary N) is 2. The lowest BCUT2D eigenvalue weighted by Crippen LogP contribution is -2.46. The molecular formula is C23H28N6O2. The van der Waals surface area contributed by atoms with Gasteiger partial charge >= 0.3 is 0 Å². The summed E-state index contributed by atoms with van der Waals surface area (Å²) in [5.74, 6) is -0.143. The van der Waals surface area contributed by atoms with Gasteiger partial charge in [-0.3, -0.25) is 19.5 Å². The fourth-order valence-corrected chi connectivity index (χ4v) is 3.90. The molecule has 4 rings (SSSR count). The van der Waals surface area contributed by atoms with E-state index in [0.29, 0.717) is 18.7 Å². The molecule has 3 aromatic heterocycles. The molecule has 0 unspecified atom stereocenters. The molecule has 8 nitrogen and oxygen atoms in total. The molecule has 1 aliphatic heterocycles. The van der Waals surface area contributed by atoms with Gasteiger partial charge in [-0.2, -0.15) is 0 Å². The summed E-state index contributed by atoms with van der Waals surface area (Å²) >= 11 is 0. The zero-order valence-corrected chi connectivity index (χ0v) is 18.0. The predicted octanol–water partition coefficient (Wildman–Crippen LogP) is 1.95. The summed E-state index contributed by atoms with van der Waals surface area (Å²) in [6.07, 6.45) is 4.37. The number of amides is 1. The summed E-state index contributed by atoms with van der Waals surface area (Å²) in [4.78, 5) is 40.4. The Kier molecular flexibility index (Phi) is 6.27. The highest BCUT2D eigenvalue weighted by Crippen LogP contribution is 2.18. The van der Waals surface area contributed by atoms with Gasteiger partial charge in [0.05, 0.1) is 22.9 Å². The SMILES string of the molecule is CCNC(=O)c1ccc(N2CCN(Cc3cnc4cc(CC)c(=O)[nH]c4c3)CC2)cn1. The molecule has 0 spiro atoms. The molecule has 0 atom stereocenters. The van der Waals surface area contributed by atoms with E-state index in [4.69, 9.17) is 0 Å². The van der Waals surface area contributed by atoms with Gasteiger partial charge < -0.3 is 15.2 Å². The van der Waals surface area contributed by atoms with E-state index in [-0.39, 0.29) is 11.5 Å². The molecule has 8 heteroatoms. The highest BCUT2D eigenvalue weighted by molar-refractivity contribution is 5.92. The first-order valence-electron chi connectivity index (χ1n) is 10.8. The van der Waals surface area contributed by atoms with Crippen LogP contribution in [0.25, 0.3) is 11.0 Å². The maximum absolute atomic E-state index is 12.1. The van der Waals surface area contributed by atoms with Crippen LogP contribution in [0.1, 0.15) is 35.5 Å². The lowest BCUT2D eigenvalue weighted by molar-refractivity contribution is 0.0951. The number of hydrogen-bond donors (Lipinski definition) is 2. The van der Waals surface area contributed by atoms with E-state index in [1.807, 2.05) is 38.2 Å². The van der Waals surface area contributed by atoms with Gasteiger partial charge in [-0.1, -0.05) is 6.92 Å². The second-order valence-electron chi connectivity index (χ2n) is 7.78. The van der Waals surface area contributed by atoms with E-state index in [0.717, 1.165) is 60.6 Å². The quantitative estimate of drug-likeness (QED) is 0.633. The Morgan fingerprint density at radius 3 is 2.58 bits per heavy atom. The average Bonchev–Trinajstić information content (AvgIpc) is 2.79. The number of pyridine rings is 3. The third-order valence-corrected chi connectivity index (χ3v) is 5.67. The Balaban J connectivity index is 1.37. The highest BCUT2D eigenvalue weighted by Gasteiger charge is 2.18. The van der Waals surface area contributed by atoms with Crippen LogP contribution in [-0.4, -0.2) is 58.5 Å². The molecule has 0 radical (unpaired) electrons. The first-order chi connectivity index (χ1) is 15.1. The number of piperazine rings is 1. The Labute approximate surface area is 181 Å². The van der Waals surface area contributed by atoms with E-state index >= 15 is 0 Å². The molecule has 3 aromatic rings. The Hall–Kier alpha value is -3.26. The maximum atomic E-state index is 12.1. The molecular weight excluding hydrogens is 392 g/mol. The molecule has 1 amide bonds. The summed E-state index contributed by atoms with van der Waals surface area (Å²) in [5.41, 5.74) is 4.91. The molecule has 1 fully saturated rings. The molecule has 1 aliphatic rings. The lowest BCUT2D eigenvalue weighted by atomic mass is 10.1. The van der Waals surface area contributed by atoms with Crippen molar-refractivity contribution in [1.82, 2.24) is 25.2 Å². The number of carbonyl (C=O) groups excluding carboxylic acids is 1. The van der Waals surface area contributed by atoms with Crippen molar-refractivity contribution in [2.45, 2.75) is 26.8 Å². The Morgan fingerprint density at radius 2 is 1.90 bits per heavy atom. The summed E-state index contributed by atoms with van der Waals surface area (Å²) in [5, 5.41) is 2.76. The summed E-state index contributed by atoms with van der Waals surface area (Å²) < 4.78 is 0. The summed E-state index contributed by atoms with van der Waals surface area (Å²) in [7, 11) is 0. The van der Waals surface area contributed by atoms with Crippen molar-refractivity contribution in [2.24, 2.45) is 0 Å². The molecule has 31 heavy (non-hydrogen) atoms. The highest BCUT2D eigenvalue weighted by atomic mass is 16.1. The van der Waals surface area contributed by atoms with Crippen LogP contribution in [0, 0.1) is 0 Å². The van der Waals surface area contributed by atoms with Crippen molar-refractivity contribution in [2.75, 3.05) is 37.6 Å². The Bertz CT molecular complexity index is 1120. The molecule has 0 saturated carbocycles. The molecule has 1 saturated heterocycles. The van der Waals surface area contributed by atoms with E-state index in [9.17, 15) is 9.59 Å². The normalized spacial score (nSPS) is 14.7. The number of fused-ring (bicyclic) bond motifs is 1. The first kappa shape index (κ1) is 21.0. The number of aromatic nitrogens is 3. The zero-order valence-electron chi connectivity index (χ0n) is 18.0. The largest absolute Gasteiger partial charge is 0.368 e. The minimum atomic E-state index is -0.143. The van der Waals surface area contributed by atoms with Gasteiger partial charge in [-0.25, -0.2) is 4.98 Å².